The average molecular weight is 595 g/mol. The summed E-state index contributed by atoms with van der Waals surface area (Å²) in [7, 11) is 0.848. The highest BCUT2D eigenvalue weighted by Gasteiger charge is 2.41. The Morgan fingerprint density at radius 2 is 1.59 bits per heavy atom. The fourth-order valence-corrected chi connectivity index (χ4v) is 5.56. The van der Waals surface area contributed by atoms with Gasteiger partial charge in [0.25, 0.3) is 5.91 Å². The van der Waals surface area contributed by atoms with Gasteiger partial charge in [-0.3, -0.25) is 14.4 Å². The SMILES string of the molecule is CN[C@H](C(=O)N[C@H](C(=O)N(C)[C@H](C=C(C)C(=O)NS(=O)(=O)CCOC)C(C)C)C(C)(C)C)C(C)(C)c1ccccc1. The van der Waals surface area contributed by atoms with E-state index in [9.17, 15) is 22.8 Å². The maximum absolute atomic E-state index is 14.0. The number of benzene rings is 1. The molecule has 0 heterocycles. The Kier molecular flexibility index (Phi) is 13.2. The van der Waals surface area contributed by atoms with Crippen LogP contribution in [0.15, 0.2) is 42.0 Å². The van der Waals surface area contributed by atoms with E-state index in [2.05, 4.69) is 10.6 Å². The molecule has 10 nitrogen and oxygen atoms in total. The summed E-state index contributed by atoms with van der Waals surface area (Å²) in [6.45, 7) is 14.8. The molecule has 3 atom stereocenters. The number of nitrogens with zero attached hydrogens (tertiary/aromatic N) is 1. The molecule has 0 spiro atoms. The summed E-state index contributed by atoms with van der Waals surface area (Å²) in [5.74, 6) is -1.87. The molecule has 1 aromatic rings. The van der Waals surface area contributed by atoms with Crippen LogP contribution in [0.1, 0.15) is 61.0 Å². The van der Waals surface area contributed by atoms with E-state index in [0.717, 1.165) is 5.56 Å². The van der Waals surface area contributed by atoms with E-state index >= 15 is 0 Å². The van der Waals surface area contributed by atoms with Crippen LogP contribution in [0, 0.1) is 11.3 Å². The van der Waals surface area contributed by atoms with Gasteiger partial charge in [0.1, 0.15) is 6.04 Å². The first-order chi connectivity index (χ1) is 18.8. The summed E-state index contributed by atoms with van der Waals surface area (Å²) in [4.78, 5) is 41.8. The zero-order chi connectivity index (χ0) is 31.8. The normalized spacial score (nSPS) is 15.2. The van der Waals surface area contributed by atoms with Gasteiger partial charge in [-0.1, -0.05) is 84.9 Å². The average Bonchev–Trinajstić information content (AvgIpc) is 2.87. The Balaban J connectivity index is 3.28. The number of rotatable bonds is 14. The van der Waals surface area contributed by atoms with Crippen LogP contribution in [0.4, 0.5) is 0 Å². The number of ether oxygens (including phenoxy) is 1. The van der Waals surface area contributed by atoms with Crippen molar-refractivity contribution >= 4 is 27.7 Å². The highest BCUT2D eigenvalue weighted by atomic mass is 32.2. The lowest BCUT2D eigenvalue weighted by molar-refractivity contribution is -0.140. The first-order valence-electron chi connectivity index (χ1n) is 13.8. The van der Waals surface area contributed by atoms with Crippen molar-refractivity contribution in [1.29, 1.82) is 0 Å². The topological polar surface area (TPSA) is 134 Å². The summed E-state index contributed by atoms with van der Waals surface area (Å²) >= 11 is 0. The molecule has 1 rings (SSSR count). The van der Waals surface area contributed by atoms with Gasteiger partial charge in [-0.25, -0.2) is 13.1 Å². The minimum absolute atomic E-state index is 0.0475. The van der Waals surface area contributed by atoms with Gasteiger partial charge in [0.15, 0.2) is 0 Å². The fourth-order valence-electron chi connectivity index (χ4n) is 4.63. The second-order valence-electron chi connectivity index (χ2n) is 12.4. The molecular formula is C30H50N4O6S. The van der Waals surface area contributed by atoms with Gasteiger partial charge in [-0.05, 0) is 30.9 Å². The van der Waals surface area contributed by atoms with Gasteiger partial charge in [-0.15, -0.1) is 0 Å². The molecule has 0 aliphatic carbocycles. The van der Waals surface area contributed by atoms with Crippen LogP contribution in [0.2, 0.25) is 0 Å². The zero-order valence-corrected chi connectivity index (χ0v) is 27.3. The molecule has 0 saturated carbocycles. The first kappa shape index (κ1) is 36.3. The fraction of sp³-hybridized carbons (Fsp3) is 0.633. The number of sulfonamides is 1. The number of hydrogen-bond donors (Lipinski definition) is 3. The smallest absolute Gasteiger partial charge is 0.260 e. The number of hydrogen-bond acceptors (Lipinski definition) is 7. The Morgan fingerprint density at radius 3 is 2.05 bits per heavy atom. The maximum Gasteiger partial charge on any atom is 0.260 e. The third-order valence-corrected chi connectivity index (χ3v) is 8.45. The van der Waals surface area contributed by atoms with Crippen molar-refractivity contribution in [3.63, 3.8) is 0 Å². The van der Waals surface area contributed by atoms with Gasteiger partial charge >= 0.3 is 0 Å². The van der Waals surface area contributed by atoms with E-state index in [1.54, 1.807) is 20.2 Å². The number of nitrogens with one attached hydrogen (secondary N) is 3. The van der Waals surface area contributed by atoms with Crippen molar-refractivity contribution in [3.05, 3.63) is 47.5 Å². The van der Waals surface area contributed by atoms with E-state index in [4.69, 9.17) is 4.74 Å². The van der Waals surface area contributed by atoms with Gasteiger partial charge in [-0.2, -0.15) is 0 Å². The largest absolute Gasteiger partial charge is 0.384 e. The van der Waals surface area contributed by atoms with Crippen molar-refractivity contribution in [2.45, 2.75) is 78.9 Å². The molecule has 0 saturated heterocycles. The summed E-state index contributed by atoms with van der Waals surface area (Å²) in [6, 6.07) is 7.67. The van der Waals surface area contributed by atoms with Crippen LogP contribution < -0.4 is 15.4 Å². The van der Waals surface area contributed by atoms with E-state index < -0.39 is 44.9 Å². The first-order valence-corrected chi connectivity index (χ1v) is 15.5. The van der Waals surface area contributed by atoms with Gasteiger partial charge in [0, 0.05) is 25.1 Å². The summed E-state index contributed by atoms with van der Waals surface area (Å²) in [5, 5.41) is 6.13. The predicted octanol–water partition coefficient (Wildman–Crippen LogP) is 2.60. The summed E-state index contributed by atoms with van der Waals surface area (Å²) < 4.78 is 31.2. The number of carbonyl (C=O) groups excluding carboxylic acids is 3. The number of amides is 3. The number of methoxy groups -OCH3 is 1. The molecule has 0 fully saturated rings. The third kappa shape index (κ3) is 10.2. The Morgan fingerprint density at radius 1 is 1.02 bits per heavy atom. The minimum atomic E-state index is -3.87. The molecule has 1 aromatic carbocycles. The standard InChI is InChI=1S/C30H50N4O6S/c1-20(2)23(19-21(3)26(35)33-41(38,39)18-17-40-11)34(10)28(37)25(29(4,5)6)32-27(36)24(31-9)30(7,8)22-15-13-12-14-16-22/h12-16,19-20,23-25,31H,17-18H2,1-11H3,(H,32,36)(H,33,35)/t23-,24-,25-/m1/s1. The Hall–Kier alpha value is -2.76. The van der Waals surface area contributed by atoms with Crippen LogP contribution in [0.25, 0.3) is 0 Å². The zero-order valence-electron chi connectivity index (χ0n) is 26.5. The van der Waals surface area contributed by atoms with E-state index in [1.807, 2.05) is 83.5 Å². The minimum Gasteiger partial charge on any atom is -0.384 e. The van der Waals surface area contributed by atoms with Gasteiger partial charge in [0.2, 0.25) is 21.8 Å². The summed E-state index contributed by atoms with van der Waals surface area (Å²) in [6.07, 6.45) is 1.58. The highest BCUT2D eigenvalue weighted by Crippen LogP contribution is 2.29. The van der Waals surface area contributed by atoms with E-state index in [-0.39, 0.29) is 35.7 Å². The molecular weight excluding hydrogens is 544 g/mol. The molecule has 232 valence electrons. The molecule has 0 bridgehead atoms. The van der Waals surface area contributed by atoms with Gasteiger partial charge in [0.05, 0.1) is 24.4 Å². The van der Waals surface area contributed by atoms with Crippen LogP contribution in [0.5, 0.6) is 0 Å². The maximum atomic E-state index is 14.0. The van der Waals surface area contributed by atoms with Crippen molar-refractivity contribution in [1.82, 2.24) is 20.3 Å². The molecule has 3 amide bonds. The predicted molar refractivity (Wildman–Crippen MR) is 163 cm³/mol. The molecule has 0 aliphatic rings. The molecule has 41 heavy (non-hydrogen) atoms. The number of carbonyl (C=O) groups is 3. The molecule has 3 N–H and O–H groups in total. The van der Waals surface area contributed by atoms with Crippen LogP contribution in [0.3, 0.4) is 0 Å². The van der Waals surface area contributed by atoms with Gasteiger partial charge < -0.3 is 20.3 Å². The van der Waals surface area contributed by atoms with E-state index in [0.29, 0.717) is 0 Å². The second kappa shape index (κ2) is 14.9. The third-order valence-electron chi connectivity index (χ3n) is 7.25. The molecule has 0 aliphatic heterocycles. The second-order valence-corrected chi connectivity index (χ2v) is 14.2. The van der Waals surface area contributed by atoms with E-state index in [1.165, 1.54) is 18.9 Å². The van der Waals surface area contributed by atoms with Crippen molar-refractivity contribution in [3.8, 4) is 0 Å². The van der Waals surface area contributed by atoms with Crippen LogP contribution in [-0.2, 0) is 34.6 Å². The number of likely N-dealkylation sites (N-methyl/N-ethyl adjacent to an activating group) is 2. The monoisotopic (exact) mass is 594 g/mol. The lowest BCUT2D eigenvalue weighted by Gasteiger charge is -2.40. The molecule has 11 heteroatoms. The van der Waals surface area contributed by atoms with Crippen molar-refractivity contribution in [2.75, 3.05) is 33.6 Å². The quantitative estimate of drug-likeness (QED) is 0.282. The highest BCUT2D eigenvalue weighted by molar-refractivity contribution is 7.90. The van der Waals surface area contributed by atoms with Crippen molar-refractivity contribution in [2.24, 2.45) is 11.3 Å². The van der Waals surface area contributed by atoms with Crippen molar-refractivity contribution < 1.29 is 27.5 Å². The molecule has 0 unspecified atom stereocenters. The van der Waals surface area contributed by atoms with Crippen LogP contribution in [-0.4, -0.2) is 82.7 Å². The summed E-state index contributed by atoms with van der Waals surface area (Å²) in [5.41, 5.74) is -0.0772. The lowest BCUT2D eigenvalue weighted by atomic mass is 9.76. The Bertz CT molecular complexity index is 1170. The molecule has 0 aromatic heterocycles. The lowest BCUT2D eigenvalue weighted by Crippen LogP contribution is -2.61. The molecule has 0 radical (unpaired) electrons. The Labute approximate surface area is 246 Å². The van der Waals surface area contributed by atoms with Crippen LogP contribution >= 0.6 is 0 Å².